The molecule has 0 amide bonds. The molecule has 13 heteroatoms. The van der Waals surface area contributed by atoms with E-state index >= 15 is 0 Å². The number of pyridine rings is 1. The van der Waals surface area contributed by atoms with Crippen LogP contribution < -0.4 is 16.4 Å². The molecule has 3 rings (SSSR count). The van der Waals surface area contributed by atoms with E-state index in [0.29, 0.717) is 34.8 Å². The highest BCUT2D eigenvalue weighted by molar-refractivity contribution is 5.60. The molecule has 4 N–H and O–H groups in total. The minimum absolute atomic E-state index is 0.0480. The van der Waals surface area contributed by atoms with Crippen LogP contribution >= 0.6 is 0 Å². The lowest BCUT2D eigenvalue weighted by Crippen LogP contribution is -2.45. The van der Waals surface area contributed by atoms with Crippen LogP contribution in [0.25, 0.3) is 0 Å². The number of nitrogens with zero attached hydrogens (tertiary/aromatic N) is 6. The third-order valence-corrected chi connectivity index (χ3v) is 7.03. The Morgan fingerprint density at radius 2 is 1.84 bits per heavy atom. The Morgan fingerprint density at radius 1 is 1.11 bits per heavy atom. The minimum atomic E-state index is -4.53. The van der Waals surface area contributed by atoms with Gasteiger partial charge < -0.3 is 16.4 Å². The molecule has 0 aromatic carbocycles. The normalized spacial score (nSPS) is 14.7. The van der Waals surface area contributed by atoms with Gasteiger partial charge in [0.05, 0.1) is 29.5 Å². The predicted octanol–water partition coefficient (Wildman–Crippen LogP) is 6.67. The molecule has 0 aliphatic carbocycles. The van der Waals surface area contributed by atoms with E-state index in [-0.39, 0.29) is 31.5 Å². The second-order valence-corrected chi connectivity index (χ2v) is 12.2. The standard InChI is InChI=1S/C32H41F4N9/c1-20-13-23(14-21(2)29(41-19-31(4,5)6)24(15-38)18-39-16-20)17-40-30(25-7-8-28(33)42-22(25)3)26-10-12-45(44-43-26)27(9-11-37)32(34,35)36/h7-8,10,13-14,16,18,27,30,40-41H,9,11-12,17,19,37H2,1-6H3. The Hall–Kier alpha value is -4.15. The largest absolute Gasteiger partial charge is 0.410 e. The summed E-state index contributed by atoms with van der Waals surface area (Å²) in [6.07, 6.45) is -0.0870. The van der Waals surface area contributed by atoms with Gasteiger partial charge >= 0.3 is 6.18 Å². The van der Waals surface area contributed by atoms with E-state index in [1.807, 2.05) is 26.0 Å². The number of nitrogens with one attached hydrogen (secondary N) is 2. The average molecular weight is 628 g/mol. The van der Waals surface area contributed by atoms with Crippen LogP contribution in [-0.4, -0.2) is 46.8 Å². The summed E-state index contributed by atoms with van der Waals surface area (Å²) in [6.45, 7) is 12.3. The van der Waals surface area contributed by atoms with Gasteiger partial charge in [-0.25, -0.2) is 4.98 Å². The zero-order chi connectivity index (χ0) is 33.4. The molecule has 0 radical (unpaired) electrons. The molecule has 0 fully saturated rings. The van der Waals surface area contributed by atoms with Crippen molar-refractivity contribution in [1.29, 1.82) is 5.26 Å². The van der Waals surface area contributed by atoms with E-state index in [9.17, 15) is 22.8 Å². The second-order valence-electron chi connectivity index (χ2n) is 12.2. The van der Waals surface area contributed by atoms with E-state index < -0.39 is 24.2 Å². The van der Waals surface area contributed by atoms with Crippen LogP contribution in [0, 0.1) is 43.5 Å². The predicted molar refractivity (Wildman–Crippen MR) is 166 cm³/mol. The summed E-state index contributed by atoms with van der Waals surface area (Å²) in [5, 5.41) is 25.7. The fourth-order valence-corrected chi connectivity index (χ4v) is 4.82. The van der Waals surface area contributed by atoms with E-state index in [0.717, 1.165) is 21.7 Å². The van der Waals surface area contributed by atoms with Crippen molar-refractivity contribution in [1.82, 2.24) is 20.3 Å². The zero-order valence-corrected chi connectivity index (χ0v) is 26.5. The third-order valence-electron chi connectivity index (χ3n) is 7.03. The van der Waals surface area contributed by atoms with E-state index in [1.165, 1.54) is 12.3 Å². The smallest absolute Gasteiger partial charge is 0.383 e. The first-order valence-corrected chi connectivity index (χ1v) is 14.6. The maximum Gasteiger partial charge on any atom is 0.410 e. The molecule has 0 saturated carbocycles. The van der Waals surface area contributed by atoms with Crippen LogP contribution in [0.4, 0.5) is 23.2 Å². The number of rotatable bonds is 10. The van der Waals surface area contributed by atoms with Crippen molar-refractivity contribution in [2.75, 3.05) is 25.0 Å². The molecule has 0 saturated heterocycles. The van der Waals surface area contributed by atoms with Gasteiger partial charge in [0.25, 0.3) is 0 Å². The van der Waals surface area contributed by atoms with E-state index in [4.69, 9.17) is 5.73 Å². The molecular formula is C32H41F4N9. The Balaban J connectivity index is 2.04. The summed E-state index contributed by atoms with van der Waals surface area (Å²) >= 11 is 0. The van der Waals surface area contributed by atoms with Gasteiger partial charge in [-0.2, -0.15) is 22.8 Å². The second kappa shape index (κ2) is 15.2. The fourth-order valence-electron chi connectivity index (χ4n) is 4.82. The van der Waals surface area contributed by atoms with Crippen molar-refractivity contribution in [3.63, 3.8) is 0 Å². The lowest BCUT2D eigenvalue weighted by Gasteiger charge is -2.31. The Kier molecular flexibility index (Phi) is 12.0. The van der Waals surface area contributed by atoms with Gasteiger partial charge in [0, 0.05) is 31.2 Å². The molecular weight excluding hydrogens is 586 g/mol. The maximum absolute atomic E-state index is 14.0. The van der Waals surface area contributed by atoms with Crippen LogP contribution in [0.2, 0.25) is 0 Å². The summed E-state index contributed by atoms with van der Waals surface area (Å²) in [5.74, 6) is -0.652. The van der Waals surface area contributed by atoms with E-state index in [2.05, 4.69) is 57.8 Å². The van der Waals surface area contributed by atoms with Crippen molar-refractivity contribution in [3.05, 3.63) is 87.9 Å². The Labute approximate surface area is 262 Å². The molecule has 45 heavy (non-hydrogen) atoms. The minimum Gasteiger partial charge on any atom is -0.383 e. The molecule has 0 spiro atoms. The number of nitrogens with two attached hydrogens (primary N) is 1. The molecule has 3 heterocycles. The van der Waals surface area contributed by atoms with Gasteiger partial charge in [0.1, 0.15) is 12.1 Å². The third kappa shape index (κ3) is 10.2. The fraction of sp³-hybridized carbons (Fsp3) is 0.469. The molecule has 9 nitrogen and oxygen atoms in total. The molecule has 2 aromatic rings. The Bertz CT molecular complexity index is 1510. The molecule has 2 aromatic heterocycles. The first-order valence-electron chi connectivity index (χ1n) is 14.6. The van der Waals surface area contributed by atoms with Crippen molar-refractivity contribution < 1.29 is 17.6 Å². The van der Waals surface area contributed by atoms with E-state index in [1.54, 1.807) is 25.3 Å². The van der Waals surface area contributed by atoms with Gasteiger partial charge in [-0.3, -0.25) is 9.99 Å². The Morgan fingerprint density at radius 3 is 2.42 bits per heavy atom. The van der Waals surface area contributed by atoms with Crippen LogP contribution in [-0.2, 0) is 6.54 Å². The lowest BCUT2D eigenvalue weighted by molar-refractivity contribution is -0.185. The summed E-state index contributed by atoms with van der Waals surface area (Å²) in [4.78, 5) is 8.29. The first-order chi connectivity index (χ1) is 21.1. The quantitative estimate of drug-likeness (QED) is 0.198. The summed E-state index contributed by atoms with van der Waals surface area (Å²) in [5.41, 5.74) is 10.3. The molecule has 1 aliphatic rings. The maximum atomic E-state index is 14.0. The number of halogens is 4. The number of hydrogen-bond donors (Lipinski definition) is 3. The summed E-state index contributed by atoms with van der Waals surface area (Å²) in [6, 6.07) is 6.40. The lowest BCUT2D eigenvalue weighted by atomic mass is 9.96. The van der Waals surface area contributed by atoms with Crippen LogP contribution in [0.3, 0.4) is 0 Å². The van der Waals surface area contributed by atoms with Crippen LogP contribution in [0.15, 0.2) is 58.8 Å². The summed E-state index contributed by atoms with van der Waals surface area (Å²) in [7, 11) is 0. The molecule has 2 atom stereocenters. The number of alkyl halides is 3. The molecule has 2 unspecified atom stereocenters. The highest BCUT2D eigenvalue weighted by Crippen LogP contribution is 2.32. The van der Waals surface area contributed by atoms with Gasteiger partial charge in [0.15, 0.2) is 0 Å². The summed E-state index contributed by atoms with van der Waals surface area (Å²) < 4.78 is 54.9. The van der Waals surface area contributed by atoms with Gasteiger partial charge in [-0.05, 0) is 73.5 Å². The van der Waals surface area contributed by atoms with Crippen molar-refractivity contribution in [2.45, 2.75) is 72.8 Å². The first kappa shape index (κ1) is 35.3. The van der Waals surface area contributed by atoms with Gasteiger partial charge in [0.2, 0.25) is 5.95 Å². The highest BCUT2D eigenvalue weighted by Gasteiger charge is 2.43. The van der Waals surface area contributed by atoms with Gasteiger partial charge in [-0.1, -0.05) is 44.2 Å². The van der Waals surface area contributed by atoms with Crippen molar-refractivity contribution >= 4 is 5.69 Å². The van der Waals surface area contributed by atoms with Crippen molar-refractivity contribution in [2.24, 2.45) is 21.5 Å². The molecule has 1 aliphatic heterocycles. The number of aryl methyl sites for hydroxylation is 3. The number of hydrogen-bond acceptors (Lipinski definition) is 9. The zero-order valence-electron chi connectivity index (χ0n) is 26.5. The molecule has 0 bridgehead atoms. The number of nitriles is 1. The average Bonchev–Trinajstić information content (AvgIpc) is 2.94. The van der Waals surface area contributed by atoms with Crippen LogP contribution in [0.1, 0.15) is 66.7 Å². The monoisotopic (exact) mass is 627 g/mol. The number of anilines is 1. The molecule has 242 valence electrons. The SMILES string of the molecule is Cc1cncc(C#N)c(NCC(C)(C)C)c(C)cc(CNC(C2=CCN(C(CCN)C(F)(F)F)N=N2)c2ccc(F)nc2C)c1. The number of aromatic nitrogens is 2. The topological polar surface area (TPSA) is 128 Å². The van der Waals surface area contributed by atoms with Crippen molar-refractivity contribution in [3.8, 4) is 6.07 Å². The van der Waals surface area contributed by atoms with Gasteiger partial charge in [-0.15, -0.1) is 5.11 Å². The highest BCUT2D eigenvalue weighted by atomic mass is 19.4. The van der Waals surface area contributed by atoms with Crippen LogP contribution in [0.5, 0.6) is 0 Å².